The molecule has 0 fully saturated rings. The van der Waals surface area contributed by atoms with Gasteiger partial charge in [0.25, 0.3) is 0 Å². The maximum atomic E-state index is 11.9. The molecule has 0 saturated carbocycles. The number of benzene rings is 2. The first-order valence-electron chi connectivity index (χ1n) is 6.68. The molecular formula is C17H16Cl2O2. The average Bonchev–Trinajstić information content (AvgIpc) is 2.48. The molecule has 0 radical (unpaired) electrons. The van der Waals surface area contributed by atoms with Crippen LogP contribution >= 0.6 is 23.2 Å². The van der Waals surface area contributed by atoms with Crippen molar-refractivity contribution in [1.82, 2.24) is 0 Å². The Balaban J connectivity index is 2.38. The van der Waals surface area contributed by atoms with Crippen molar-refractivity contribution in [3.05, 3.63) is 59.1 Å². The minimum Gasteiger partial charge on any atom is -0.464 e. The van der Waals surface area contributed by atoms with Crippen LogP contribution in [0.2, 0.25) is 5.02 Å². The number of alkyl halides is 1. The molecule has 21 heavy (non-hydrogen) atoms. The smallest absolute Gasteiger partial charge is 0.331 e. The number of carbonyl (C=O) groups excluding carboxylic acids is 1. The molecule has 0 aromatic heterocycles. The lowest BCUT2D eigenvalue weighted by Crippen LogP contribution is -2.28. The van der Waals surface area contributed by atoms with Gasteiger partial charge in [-0.05, 0) is 31.0 Å². The van der Waals surface area contributed by atoms with Crippen molar-refractivity contribution in [2.45, 2.75) is 18.7 Å². The van der Waals surface area contributed by atoms with E-state index in [1.165, 1.54) is 0 Å². The first kappa shape index (κ1) is 15.9. The molecule has 2 rings (SSSR count). The lowest BCUT2D eigenvalue weighted by molar-refractivity contribution is -0.146. The maximum Gasteiger partial charge on any atom is 0.331 e. The highest BCUT2D eigenvalue weighted by molar-refractivity contribution is 6.35. The Morgan fingerprint density at radius 3 is 2.43 bits per heavy atom. The summed E-state index contributed by atoms with van der Waals surface area (Å²) in [5, 5.41) is 0.551. The summed E-state index contributed by atoms with van der Waals surface area (Å²) >= 11 is 12.7. The number of halogens is 2. The molecule has 1 atom stereocenters. The second-order valence-corrected chi connectivity index (χ2v) is 5.95. The Labute approximate surface area is 134 Å². The lowest BCUT2D eigenvalue weighted by Gasteiger charge is -2.21. The van der Waals surface area contributed by atoms with Gasteiger partial charge >= 0.3 is 5.97 Å². The molecule has 4 heteroatoms. The van der Waals surface area contributed by atoms with Gasteiger partial charge in [-0.1, -0.05) is 54.1 Å². The van der Waals surface area contributed by atoms with E-state index in [1.54, 1.807) is 26.0 Å². The highest BCUT2D eigenvalue weighted by Crippen LogP contribution is 2.35. The van der Waals surface area contributed by atoms with Crippen molar-refractivity contribution in [2.24, 2.45) is 0 Å². The van der Waals surface area contributed by atoms with E-state index >= 15 is 0 Å². The molecule has 0 amide bonds. The minimum atomic E-state index is -1.24. The van der Waals surface area contributed by atoms with Crippen LogP contribution in [0.5, 0.6) is 0 Å². The lowest BCUT2D eigenvalue weighted by atomic mass is 9.96. The van der Waals surface area contributed by atoms with Crippen molar-refractivity contribution in [2.75, 3.05) is 6.61 Å². The normalized spacial score (nSPS) is 13.5. The summed E-state index contributed by atoms with van der Waals surface area (Å²) in [5.41, 5.74) is 2.53. The quantitative estimate of drug-likeness (QED) is 0.583. The van der Waals surface area contributed by atoms with Crippen molar-refractivity contribution in [1.29, 1.82) is 0 Å². The number of hydrogen-bond acceptors (Lipinski definition) is 2. The van der Waals surface area contributed by atoms with Crippen molar-refractivity contribution in [3.63, 3.8) is 0 Å². The maximum absolute atomic E-state index is 11.9. The minimum absolute atomic E-state index is 0.289. The molecule has 0 aliphatic heterocycles. The van der Waals surface area contributed by atoms with E-state index in [0.29, 0.717) is 10.6 Å². The van der Waals surface area contributed by atoms with E-state index in [0.717, 1.165) is 11.1 Å². The number of carbonyl (C=O) groups is 1. The third-order valence-corrected chi connectivity index (χ3v) is 3.94. The highest BCUT2D eigenvalue weighted by atomic mass is 35.5. The molecular weight excluding hydrogens is 307 g/mol. The third kappa shape index (κ3) is 3.39. The molecule has 1 unspecified atom stereocenters. The molecule has 0 spiro atoms. The first-order valence-corrected chi connectivity index (χ1v) is 7.44. The van der Waals surface area contributed by atoms with Crippen LogP contribution < -0.4 is 0 Å². The van der Waals surface area contributed by atoms with E-state index in [9.17, 15) is 4.79 Å². The van der Waals surface area contributed by atoms with Gasteiger partial charge in [-0.15, -0.1) is 11.6 Å². The van der Waals surface area contributed by atoms with Crippen LogP contribution in [0.25, 0.3) is 11.1 Å². The number of ether oxygens (including phenoxy) is 1. The Morgan fingerprint density at radius 2 is 1.86 bits per heavy atom. The van der Waals surface area contributed by atoms with Crippen LogP contribution in [0.3, 0.4) is 0 Å². The largest absolute Gasteiger partial charge is 0.464 e. The average molecular weight is 323 g/mol. The summed E-state index contributed by atoms with van der Waals surface area (Å²) < 4.78 is 5.00. The predicted molar refractivity (Wildman–Crippen MR) is 86.7 cm³/mol. The van der Waals surface area contributed by atoms with Crippen LogP contribution in [-0.2, 0) is 14.4 Å². The molecule has 2 nitrogen and oxygen atoms in total. The molecule has 0 heterocycles. The van der Waals surface area contributed by atoms with Crippen LogP contribution in [-0.4, -0.2) is 12.6 Å². The second-order valence-electron chi connectivity index (χ2n) is 4.78. The Bertz CT molecular complexity index is 636. The Morgan fingerprint density at radius 1 is 1.19 bits per heavy atom. The fourth-order valence-corrected chi connectivity index (χ4v) is 2.51. The van der Waals surface area contributed by atoms with Crippen LogP contribution in [0.1, 0.15) is 19.4 Å². The van der Waals surface area contributed by atoms with Gasteiger partial charge in [0, 0.05) is 10.6 Å². The number of hydrogen-bond donors (Lipinski definition) is 0. The van der Waals surface area contributed by atoms with Gasteiger partial charge in [-0.25, -0.2) is 4.79 Å². The summed E-state index contributed by atoms with van der Waals surface area (Å²) in [7, 11) is 0. The van der Waals surface area contributed by atoms with Crippen LogP contribution in [0.4, 0.5) is 0 Å². The van der Waals surface area contributed by atoms with E-state index in [4.69, 9.17) is 27.9 Å². The fourth-order valence-electron chi connectivity index (χ4n) is 2.04. The van der Waals surface area contributed by atoms with Crippen LogP contribution in [0.15, 0.2) is 48.5 Å². The van der Waals surface area contributed by atoms with E-state index in [2.05, 4.69) is 0 Å². The second kappa shape index (κ2) is 6.50. The molecule has 2 aromatic carbocycles. The van der Waals surface area contributed by atoms with Crippen molar-refractivity contribution >= 4 is 29.2 Å². The topological polar surface area (TPSA) is 26.3 Å². The zero-order chi connectivity index (χ0) is 15.5. The summed E-state index contributed by atoms with van der Waals surface area (Å²) in [6.07, 6.45) is 0. The molecule has 0 aliphatic carbocycles. The van der Waals surface area contributed by atoms with Crippen molar-refractivity contribution in [3.8, 4) is 11.1 Å². The van der Waals surface area contributed by atoms with Gasteiger partial charge in [0.15, 0.2) is 4.87 Å². The highest BCUT2D eigenvalue weighted by Gasteiger charge is 2.34. The Kier molecular flexibility index (Phi) is 4.92. The summed E-state index contributed by atoms with van der Waals surface area (Å²) in [4.78, 5) is 10.7. The fraction of sp³-hybridized carbons (Fsp3) is 0.235. The molecule has 110 valence electrons. The van der Waals surface area contributed by atoms with Gasteiger partial charge in [0.1, 0.15) is 0 Å². The van der Waals surface area contributed by atoms with Crippen LogP contribution in [0, 0.1) is 0 Å². The zero-order valence-corrected chi connectivity index (χ0v) is 13.4. The first-order chi connectivity index (χ1) is 9.96. The van der Waals surface area contributed by atoms with E-state index in [-0.39, 0.29) is 6.61 Å². The predicted octanol–water partition coefficient (Wildman–Crippen LogP) is 5.02. The van der Waals surface area contributed by atoms with E-state index in [1.807, 2.05) is 36.4 Å². The SMILES string of the molecule is CCOC(=O)C(C)(Cl)c1ccc(-c2ccccc2)c(Cl)c1. The molecule has 0 bridgehead atoms. The molecule has 0 N–H and O–H groups in total. The summed E-state index contributed by atoms with van der Waals surface area (Å²) in [5.74, 6) is -0.477. The monoisotopic (exact) mass is 322 g/mol. The zero-order valence-electron chi connectivity index (χ0n) is 11.9. The van der Waals surface area contributed by atoms with Gasteiger partial charge in [0.05, 0.1) is 6.61 Å². The third-order valence-electron chi connectivity index (χ3n) is 3.25. The van der Waals surface area contributed by atoms with Gasteiger partial charge in [-0.3, -0.25) is 0 Å². The van der Waals surface area contributed by atoms with Gasteiger partial charge in [0.2, 0.25) is 0 Å². The van der Waals surface area contributed by atoms with E-state index < -0.39 is 10.8 Å². The summed E-state index contributed by atoms with van der Waals surface area (Å²) in [6, 6.07) is 15.2. The molecule has 0 aliphatic rings. The number of esters is 1. The Hall–Kier alpha value is -1.51. The van der Waals surface area contributed by atoms with Crippen molar-refractivity contribution < 1.29 is 9.53 Å². The summed E-state index contributed by atoms with van der Waals surface area (Å²) in [6.45, 7) is 3.65. The standard InChI is InChI=1S/C17H16Cl2O2/c1-3-21-16(20)17(2,19)13-9-10-14(15(18)11-13)12-7-5-4-6-8-12/h4-11H,3H2,1-2H3. The van der Waals surface area contributed by atoms with Gasteiger partial charge in [-0.2, -0.15) is 0 Å². The molecule has 2 aromatic rings. The van der Waals surface area contributed by atoms with Gasteiger partial charge < -0.3 is 4.74 Å². The molecule has 0 saturated heterocycles. The number of rotatable bonds is 4.